The second-order valence-electron chi connectivity index (χ2n) is 5.10. The predicted molar refractivity (Wildman–Crippen MR) is 66.2 cm³/mol. The van der Waals surface area contributed by atoms with Gasteiger partial charge in [0.15, 0.2) is 0 Å². The topological polar surface area (TPSA) is 68.0 Å². The number of hydrogen-bond acceptors (Lipinski definition) is 3. The van der Waals surface area contributed by atoms with E-state index in [1.165, 1.54) is 25.7 Å². The molecular formula is C13H17N3O. The van der Waals surface area contributed by atoms with E-state index in [0.717, 1.165) is 0 Å². The molecular weight excluding hydrogens is 214 g/mol. The highest BCUT2D eigenvalue weighted by Crippen LogP contribution is 2.55. The highest BCUT2D eigenvalue weighted by molar-refractivity contribution is 5.94. The van der Waals surface area contributed by atoms with Gasteiger partial charge in [-0.2, -0.15) is 0 Å². The third-order valence-corrected chi connectivity index (χ3v) is 4.00. The number of carbonyl (C=O) groups excluding carboxylic acids is 1. The Bertz CT molecular complexity index is 417. The molecule has 0 radical (unpaired) electrons. The summed E-state index contributed by atoms with van der Waals surface area (Å²) in [6.45, 7) is 0. The van der Waals surface area contributed by atoms with E-state index >= 15 is 0 Å². The van der Waals surface area contributed by atoms with E-state index in [0.29, 0.717) is 23.3 Å². The van der Waals surface area contributed by atoms with Crippen molar-refractivity contribution in [1.82, 2.24) is 4.98 Å². The van der Waals surface area contributed by atoms with Gasteiger partial charge < -0.3 is 11.1 Å². The Labute approximate surface area is 101 Å². The zero-order chi connectivity index (χ0) is 11.8. The first-order valence-corrected chi connectivity index (χ1v) is 6.28. The average Bonchev–Trinajstić information content (AvgIpc) is 3.06. The van der Waals surface area contributed by atoms with E-state index in [1.54, 1.807) is 18.3 Å². The number of nitrogens with one attached hydrogen (secondary N) is 1. The van der Waals surface area contributed by atoms with E-state index in [1.807, 2.05) is 0 Å². The minimum atomic E-state index is 0.138. The molecule has 2 unspecified atom stereocenters. The van der Waals surface area contributed by atoms with Crippen molar-refractivity contribution in [1.29, 1.82) is 0 Å². The molecule has 0 aromatic carbocycles. The third kappa shape index (κ3) is 1.99. The van der Waals surface area contributed by atoms with Crippen LogP contribution in [0.4, 0.5) is 11.5 Å². The van der Waals surface area contributed by atoms with Gasteiger partial charge in [-0.05, 0) is 36.8 Å². The van der Waals surface area contributed by atoms with Gasteiger partial charge in [0.25, 0.3) is 0 Å². The lowest BCUT2D eigenvalue weighted by Gasteiger charge is -2.04. The van der Waals surface area contributed by atoms with Gasteiger partial charge in [0, 0.05) is 5.92 Å². The number of nitrogen functional groups attached to an aromatic ring is 1. The lowest BCUT2D eigenvalue weighted by Crippen LogP contribution is -2.16. The van der Waals surface area contributed by atoms with Crippen molar-refractivity contribution in [2.75, 3.05) is 11.1 Å². The van der Waals surface area contributed by atoms with Crippen LogP contribution < -0.4 is 11.1 Å². The molecule has 0 aliphatic heterocycles. The van der Waals surface area contributed by atoms with Gasteiger partial charge in [-0.1, -0.05) is 12.8 Å². The van der Waals surface area contributed by atoms with Crippen molar-refractivity contribution < 1.29 is 4.79 Å². The Kier molecular flexibility index (Phi) is 2.50. The minimum absolute atomic E-state index is 0.138. The Morgan fingerprint density at radius 2 is 2.00 bits per heavy atom. The number of amides is 1. The predicted octanol–water partition coefficient (Wildman–Crippen LogP) is 2.04. The van der Waals surface area contributed by atoms with Crippen molar-refractivity contribution in [3.8, 4) is 0 Å². The summed E-state index contributed by atoms with van der Waals surface area (Å²) in [7, 11) is 0. The van der Waals surface area contributed by atoms with Gasteiger partial charge in [-0.3, -0.25) is 4.79 Å². The molecule has 3 N–H and O–H groups in total. The maximum Gasteiger partial charge on any atom is 0.229 e. The summed E-state index contributed by atoms with van der Waals surface area (Å²) in [6, 6.07) is 3.50. The van der Waals surface area contributed by atoms with Crippen LogP contribution in [0.1, 0.15) is 25.7 Å². The number of hydrogen-bond donors (Lipinski definition) is 2. The van der Waals surface area contributed by atoms with Gasteiger partial charge in [-0.15, -0.1) is 0 Å². The first-order valence-electron chi connectivity index (χ1n) is 6.28. The SMILES string of the molecule is Nc1ccc(NC(=O)C2C3CCCCC32)nc1. The minimum Gasteiger partial charge on any atom is -0.397 e. The van der Waals surface area contributed by atoms with Gasteiger partial charge in [0.05, 0.1) is 11.9 Å². The molecule has 2 atom stereocenters. The summed E-state index contributed by atoms with van der Waals surface area (Å²) >= 11 is 0. The molecule has 0 bridgehead atoms. The van der Waals surface area contributed by atoms with E-state index in [-0.39, 0.29) is 11.8 Å². The maximum absolute atomic E-state index is 12.0. The van der Waals surface area contributed by atoms with Gasteiger partial charge in [-0.25, -0.2) is 4.98 Å². The normalized spacial score (nSPS) is 30.5. The highest BCUT2D eigenvalue weighted by Gasteiger charge is 2.54. The van der Waals surface area contributed by atoms with Crippen molar-refractivity contribution in [2.45, 2.75) is 25.7 Å². The molecule has 2 saturated carbocycles. The molecule has 1 heterocycles. The molecule has 2 aliphatic rings. The molecule has 17 heavy (non-hydrogen) atoms. The summed E-state index contributed by atoms with van der Waals surface area (Å²) < 4.78 is 0. The van der Waals surface area contributed by atoms with Crippen LogP contribution in [0.15, 0.2) is 18.3 Å². The van der Waals surface area contributed by atoms with Crippen LogP contribution in [0.25, 0.3) is 0 Å². The molecule has 2 fully saturated rings. The highest BCUT2D eigenvalue weighted by atomic mass is 16.2. The number of rotatable bonds is 2. The molecule has 3 rings (SSSR count). The van der Waals surface area contributed by atoms with E-state index < -0.39 is 0 Å². The summed E-state index contributed by atoms with van der Waals surface area (Å²) in [5, 5.41) is 2.88. The van der Waals surface area contributed by atoms with Crippen LogP contribution >= 0.6 is 0 Å². The largest absolute Gasteiger partial charge is 0.397 e. The summed E-state index contributed by atoms with van der Waals surface area (Å²) in [4.78, 5) is 16.1. The van der Waals surface area contributed by atoms with Crippen LogP contribution in [-0.2, 0) is 4.79 Å². The quantitative estimate of drug-likeness (QED) is 0.818. The number of aromatic nitrogens is 1. The first-order chi connectivity index (χ1) is 8.25. The molecule has 1 amide bonds. The molecule has 0 spiro atoms. The first kappa shape index (κ1) is 10.6. The average molecular weight is 231 g/mol. The van der Waals surface area contributed by atoms with Crippen LogP contribution in [0.3, 0.4) is 0 Å². The summed E-state index contributed by atoms with van der Waals surface area (Å²) in [5.74, 6) is 2.25. The van der Waals surface area contributed by atoms with Crippen molar-refractivity contribution in [3.63, 3.8) is 0 Å². The van der Waals surface area contributed by atoms with Crippen molar-refractivity contribution in [2.24, 2.45) is 17.8 Å². The lowest BCUT2D eigenvalue weighted by atomic mass is 10.0. The van der Waals surface area contributed by atoms with Gasteiger partial charge in [0.1, 0.15) is 5.82 Å². The second kappa shape index (κ2) is 4.02. The number of nitrogens with two attached hydrogens (primary N) is 1. The fraction of sp³-hybridized carbons (Fsp3) is 0.538. The maximum atomic E-state index is 12.0. The van der Waals surface area contributed by atoms with Crippen LogP contribution in [0, 0.1) is 17.8 Å². The molecule has 1 aromatic rings. The van der Waals surface area contributed by atoms with Crippen molar-refractivity contribution >= 4 is 17.4 Å². The Balaban J connectivity index is 1.62. The summed E-state index contributed by atoms with van der Waals surface area (Å²) in [6.07, 6.45) is 6.57. The molecule has 0 saturated heterocycles. The fourth-order valence-electron chi connectivity index (χ4n) is 3.07. The number of pyridine rings is 1. The Hall–Kier alpha value is -1.58. The Morgan fingerprint density at radius 1 is 1.29 bits per heavy atom. The number of fused-ring (bicyclic) bond motifs is 1. The smallest absolute Gasteiger partial charge is 0.229 e. The fourth-order valence-corrected chi connectivity index (χ4v) is 3.07. The van der Waals surface area contributed by atoms with Crippen LogP contribution in [0.5, 0.6) is 0 Å². The molecule has 4 nitrogen and oxygen atoms in total. The third-order valence-electron chi connectivity index (χ3n) is 4.00. The zero-order valence-electron chi connectivity index (χ0n) is 9.73. The molecule has 2 aliphatic carbocycles. The van der Waals surface area contributed by atoms with E-state index in [4.69, 9.17) is 5.73 Å². The van der Waals surface area contributed by atoms with Crippen molar-refractivity contribution in [3.05, 3.63) is 18.3 Å². The monoisotopic (exact) mass is 231 g/mol. The number of nitrogens with zero attached hydrogens (tertiary/aromatic N) is 1. The number of anilines is 2. The second-order valence-corrected chi connectivity index (χ2v) is 5.10. The molecule has 1 aromatic heterocycles. The van der Waals surface area contributed by atoms with Crippen LogP contribution in [-0.4, -0.2) is 10.9 Å². The lowest BCUT2D eigenvalue weighted by molar-refractivity contribution is -0.117. The molecule has 4 heteroatoms. The standard InChI is InChI=1S/C13H17N3O/c14-8-5-6-11(15-7-8)16-13(17)12-9-3-1-2-4-10(9)12/h5-7,9-10,12H,1-4,14H2,(H,15,16,17). The molecule has 90 valence electrons. The van der Waals surface area contributed by atoms with E-state index in [2.05, 4.69) is 10.3 Å². The summed E-state index contributed by atoms with van der Waals surface area (Å²) in [5.41, 5.74) is 6.16. The Morgan fingerprint density at radius 3 is 2.59 bits per heavy atom. The zero-order valence-corrected chi connectivity index (χ0v) is 9.73. The van der Waals surface area contributed by atoms with Gasteiger partial charge in [0.2, 0.25) is 5.91 Å². The number of carbonyl (C=O) groups is 1. The van der Waals surface area contributed by atoms with Crippen LogP contribution in [0.2, 0.25) is 0 Å². The van der Waals surface area contributed by atoms with Gasteiger partial charge >= 0.3 is 0 Å². The van der Waals surface area contributed by atoms with E-state index in [9.17, 15) is 4.79 Å².